The molecule has 3 rings (SSSR count). The second-order valence-corrected chi connectivity index (χ2v) is 6.46. The molecule has 0 bridgehead atoms. The zero-order chi connectivity index (χ0) is 16.4. The molecule has 0 aliphatic carbocycles. The second-order valence-electron chi connectivity index (χ2n) is 5.18. The first-order valence-corrected chi connectivity index (χ1v) is 8.36. The SMILES string of the molecule is CC(=O)c1ccc(N=c2scc(-c3ccc(Cl)cc3)n2C)cc1. The van der Waals surface area contributed by atoms with Crippen molar-refractivity contribution in [3.05, 3.63) is 69.3 Å². The van der Waals surface area contributed by atoms with E-state index in [1.165, 1.54) is 0 Å². The fraction of sp³-hybridized carbons (Fsp3) is 0.111. The fourth-order valence-corrected chi connectivity index (χ4v) is 3.29. The molecule has 3 nitrogen and oxygen atoms in total. The maximum absolute atomic E-state index is 11.3. The molecule has 0 saturated heterocycles. The third kappa shape index (κ3) is 3.44. The van der Waals surface area contributed by atoms with E-state index in [2.05, 4.69) is 10.4 Å². The van der Waals surface area contributed by atoms with Crippen molar-refractivity contribution in [2.45, 2.75) is 6.92 Å². The van der Waals surface area contributed by atoms with E-state index in [0.717, 1.165) is 26.8 Å². The summed E-state index contributed by atoms with van der Waals surface area (Å²) in [4.78, 5) is 16.9. The summed E-state index contributed by atoms with van der Waals surface area (Å²) in [7, 11) is 1.99. The molecule has 0 N–H and O–H groups in total. The van der Waals surface area contributed by atoms with Gasteiger partial charge in [0.25, 0.3) is 0 Å². The van der Waals surface area contributed by atoms with Gasteiger partial charge in [-0.25, -0.2) is 4.99 Å². The highest BCUT2D eigenvalue weighted by Gasteiger charge is 2.05. The van der Waals surface area contributed by atoms with Gasteiger partial charge in [-0.2, -0.15) is 0 Å². The van der Waals surface area contributed by atoms with Crippen molar-refractivity contribution in [2.75, 3.05) is 0 Å². The van der Waals surface area contributed by atoms with E-state index in [1.807, 2.05) is 48.0 Å². The monoisotopic (exact) mass is 342 g/mol. The highest BCUT2D eigenvalue weighted by molar-refractivity contribution is 7.07. The number of halogens is 1. The van der Waals surface area contributed by atoms with Gasteiger partial charge in [-0.05, 0) is 48.9 Å². The predicted molar refractivity (Wildman–Crippen MR) is 95.4 cm³/mol. The number of hydrogen-bond donors (Lipinski definition) is 0. The summed E-state index contributed by atoms with van der Waals surface area (Å²) >= 11 is 7.52. The van der Waals surface area contributed by atoms with Crippen molar-refractivity contribution in [3.8, 4) is 11.3 Å². The normalized spacial score (nSPS) is 11.7. The Balaban J connectivity index is 1.98. The van der Waals surface area contributed by atoms with Gasteiger partial charge in [0, 0.05) is 23.0 Å². The van der Waals surface area contributed by atoms with Crippen molar-refractivity contribution >= 4 is 34.4 Å². The van der Waals surface area contributed by atoms with Crippen LogP contribution >= 0.6 is 22.9 Å². The maximum atomic E-state index is 11.3. The summed E-state index contributed by atoms with van der Waals surface area (Å²) in [5.74, 6) is 0.0586. The highest BCUT2D eigenvalue weighted by Crippen LogP contribution is 2.22. The van der Waals surface area contributed by atoms with Crippen LogP contribution in [0.4, 0.5) is 5.69 Å². The van der Waals surface area contributed by atoms with Gasteiger partial charge in [-0.3, -0.25) is 4.79 Å². The van der Waals surface area contributed by atoms with E-state index in [1.54, 1.807) is 30.4 Å². The Labute approximate surface area is 143 Å². The van der Waals surface area contributed by atoms with Gasteiger partial charge in [0.2, 0.25) is 0 Å². The van der Waals surface area contributed by atoms with Crippen LogP contribution in [0, 0.1) is 0 Å². The molecular formula is C18H15ClN2OS. The maximum Gasteiger partial charge on any atom is 0.190 e. The molecule has 0 saturated carbocycles. The minimum Gasteiger partial charge on any atom is -0.320 e. The number of carbonyl (C=O) groups is 1. The molecule has 2 aromatic carbocycles. The molecule has 23 heavy (non-hydrogen) atoms. The van der Waals surface area contributed by atoms with Crippen LogP contribution in [0.1, 0.15) is 17.3 Å². The highest BCUT2D eigenvalue weighted by atomic mass is 35.5. The number of hydrogen-bond acceptors (Lipinski definition) is 3. The van der Waals surface area contributed by atoms with E-state index in [4.69, 9.17) is 11.6 Å². The van der Waals surface area contributed by atoms with E-state index >= 15 is 0 Å². The molecule has 1 heterocycles. The predicted octanol–water partition coefficient (Wildman–Crippen LogP) is 4.84. The summed E-state index contributed by atoms with van der Waals surface area (Å²) < 4.78 is 2.05. The molecule has 0 atom stereocenters. The average Bonchev–Trinajstić information content (AvgIpc) is 2.90. The quantitative estimate of drug-likeness (QED) is 0.627. The molecule has 0 unspecified atom stereocenters. The van der Waals surface area contributed by atoms with Gasteiger partial charge in [0.05, 0.1) is 11.4 Å². The van der Waals surface area contributed by atoms with Crippen LogP contribution in [0.5, 0.6) is 0 Å². The Kier molecular flexibility index (Phi) is 4.46. The number of rotatable bonds is 3. The standard InChI is InChI=1S/C18H15ClN2OS/c1-12(22)13-5-9-16(10-6-13)20-18-21(2)17(11-23-18)14-3-7-15(19)8-4-14/h3-11H,1-2H3. The first-order valence-electron chi connectivity index (χ1n) is 7.11. The number of nitrogens with zero attached hydrogens (tertiary/aromatic N) is 2. The van der Waals surface area contributed by atoms with Crippen molar-refractivity contribution in [3.63, 3.8) is 0 Å². The van der Waals surface area contributed by atoms with Crippen molar-refractivity contribution in [1.29, 1.82) is 0 Å². The first-order chi connectivity index (χ1) is 11.0. The average molecular weight is 343 g/mol. The lowest BCUT2D eigenvalue weighted by Gasteiger charge is -2.03. The number of benzene rings is 2. The van der Waals surface area contributed by atoms with E-state index in [9.17, 15) is 4.79 Å². The molecule has 0 aliphatic rings. The van der Waals surface area contributed by atoms with Gasteiger partial charge in [-0.1, -0.05) is 23.7 Å². The number of ketones is 1. The van der Waals surface area contributed by atoms with E-state index < -0.39 is 0 Å². The Morgan fingerprint density at radius 3 is 2.35 bits per heavy atom. The summed E-state index contributed by atoms with van der Waals surface area (Å²) in [5, 5.41) is 2.80. The molecule has 0 fully saturated rings. The van der Waals surface area contributed by atoms with Gasteiger partial charge in [-0.15, -0.1) is 11.3 Å². The molecule has 0 radical (unpaired) electrons. The summed E-state index contributed by atoms with van der Waals surface area (Å²) in [6, 6.07) is 15.1. The number of aromatic nitrogens is 1. The van der Waals surface area contributed by atoms with Crippen molar-refractivity contribution < 1.29 is 4.79 Å². The topological polar surface area (TPSA) is 34.4 Å². The van der Waals surface area contributed by atoms with Gasteiger partial charge < -0.3 is 4.57 Å². The lowest BCUT2D eigenvalue weighted by molar-refractivity contribution is 0.101. The molecular weight excluding hydrogens is 328 g/mol. The van der Waals surface area contributed by atoms with Crippen LogP contribution in [-0.2, 0) is 7.05 Å². The molecule has 116 valence electrons. The van der Waals surface area contributed by atoms with Crippen LogP contribution in [0.15, 0.2) is 58.9 Å². The van der Waals surface area contributed by atoms with Gasteiger partial charge in [0.15, 0.2) is 10.6 Å². The molecule has 0 aliphatic heterocycles. The Morgan fingerprint density at radius 1 is 1.09 bits per heavy atom. The summed E-state index contributed by atoms with van der Waals surface area (Å²) in [6.45, 7) is 1.56. The van der Waals surface area contributed by atoms with Crippen LogP contribution in [0.2, 0.25) is 5.02 Å². The first kappa shape index (κ1) is 15.7. The van der Waals surface area contributed by atoms with Crippen LogP contribution in [0.3, 0.4) is 0 Å². The zero-order valence-corrected chi connectivity index (χ0v) is 14.4. The lowest BCUT2D eigenvalue weighted by Crippen LogP contribution is -2.10. The molecule has 0 amide bonds. The second kappa shape index (κ2) is 6.52. The molecule has 1 aromatic heterocycles. The largest absolute Gasteiger partial charge is 0.320 e. The number of thiazole rings is 1. The number of Topliss-reactive ketones (excluding diaryl/α,β-unsaturated/α-hetero) is 1. The number of carbonyl (C=O) groups excluding carboxylic acids is 1. The molecule has 3 aromatic rings. The third-order valence-electron chi connectivity index (χ3n) is 3.56. The minimum absolute atomic E-state index is 0.0586. The Bertz CT molecular complexity index is 905. The third-order valence-corrected chi connectivity index (χ3v) is 4.73. The van der Waals surface area contributed by atoms with Crippen LogP contribution < -0.4 is 4.80 Å². The van der Waals surface area contributed by atoms with Crippen molar-refractivity contribution in [1.82, 2.24) is 4.57 Å². The van der Waals surface area contributed by atoms with Crippen molar-refractivity contribution in [2.24, 2.45) is 12.0 Å². The molecule has 0 spiro atoms. The van der Waals surface area contributed by atoms with Crippen LogP contribution in [0.25, 0.3) is 11.3 Å². The zero-order valence-electron chi connectivity index (χ0n) is 12.8. The van der Waals surface area contributed by atoms with Gasteiger partial charge in [0.1, 0.15) is 0 Å². The van der Waals surface area contributed by atoms with Gasteiger partial charge >= 0.3 is 0 Å². The smallest absolute Gasteiger partial charge is 0.190 e. The van der Waals surface area contributed by atoms with E-state index in [-0.39, 0.29) is 5.78 Å². The Hall–Kier alpha value is -2.17. The van der Waals surface area contributed by atoms with E-state index in [0.29, 0.717) is 5.56 Å². The minimum atomic E-state index is 0.0586. The fourth-order valence-electron chi connectivity index (χ4n) is 2.23. The lowest BCUT2D eigenvalue weighted by atomic mass is 10.1. The van der Waals surface area contributed by atoms with Crippen LogP contribution in [-0.4, -0.2) is 10.4 Å². The molecule has 5 heteroatoms. The summed E-state index contributed by atoms with van der Waals surface area (Å²) in [5.41, 5.74) is 3.71. The summed E-state index contributed by atoms with van der Waals surface area (Å²) in [6.07, 6.45) is 0. The Morgan fingerprint density at radius 2 is 1.74 bits per heavy atom.